The number of para-hydroxylation sites is 2. The lowest BCUT2D eigenvalue weighted by molar-refractivity contribution is 0.0938. The molecule has 0 fully saturated rings. The van der Waals surface area contributed by atoms with Crippen LogP contribution in [0.3, 0.4) is 0 Å². The monoisotopic (exact) mass is 345 g/mol. The first-order valence-electron chi connectivity index (χ1n) is 8.51. The van der Waals surface area contributed by atoms with Gasteiger partial charge in [-0.05, 0) is 24.6 Å². The first kappa shape index (κ1) is 16.1. The molecular weight excluding hydrogens is 326 g/mol. The van der Waals surface area contributed by atoms with E-state index in [-0.39, 0.29) is 11.9 Å². The highest BCUT2D eigenvalue weighted by atomic mass is 16.1. The van der Waals surface area contributed by atoms with Gasteiger partial charge in [0.25, 0.3) is 5.91 Å². The molecule has 0 saturated carbocycles. The van der Waals surface area contributed by atoms with E-state index in [2.05, 4.69) is 20.4 Å². The van der Waals surface area contributed by atoms with Crippen LogP contribution in [-0.2, 0) is 6.54 Å². The average molecular weight is 345 g/mol. The highest BCUT2D eigenvalue weighted by Crippen LogP contribution is 2.16. The Morgan fingerprint density at radius 1 is 1.15 bits per heavy atom. The largest absolute Gasteiger partial charge is 0.342 e. The van der Waals surface area contributed by atoms with Crippen LogP contribution in [0.5, 0.6) is 0 Å². The number of carbonyl (C=O) groups excluding carboxylic acids is 1. The van der Waals surface area contributed by atoms with Crippen molar-refractivity contribution in [2.75, 3.05) is 0 Å². The second kappa shape index (κ2) is 6.84. The summed E-state index contributed by atoms with van der Waals surface area (Å²) in [6.45, 7) is 2.54. The number of H-pyrrole nitrogens is 1. The van der Waals surface area contributed by atoms with Crippen molar-refractivity contribution >= 4 is 16.9 Å². The molecule has 130 valence electrons. The van der Waals surface area contributed by atoms with Crippen molar-refractivity contribution in [3.63, 3.8) is 0 Å². The van der Waals surface area contributed by atoms with Crippen molar-refractivity contribution in [2.24, 2.45) is 0 Å². The Balaban J connectivity index is 1.44. The zero-order chi connectivity index (χ0) is 17.9. The van der Waals surface area contributed by atoms with Crippen LogP contribution in [0.2, 0.25) is 0 Å². The smallest absolute Gasteiger partial charge is 0.255 e. The normalized spacial score (nSPS) is 12.2. The van der Waals surface area contributed by atoms with E-state index < -0.39 is 0 Å². The Hall–Kier alpha value is -3.41. The summed E-state index contributed by atoms with van der Waals surface area (Å²) in [6, 6.07) is 17.6. The van der Waals surface area contributed by atoms with Crippen molar-refractivity contribution in [3.8, 4) is 0 Å². The van der Waals surface area contributed by atoms with Crippen LogP contribution in [0.15, 0.2) is 67.0 Å². The van der Waals surface area contributed by atoms with Gasteiger partial charge in [0, 0.05) is 6.20 Å². The molecular formula is C20H19N5O. The Labute approximate surface area is 150 Å². The number of amides is 1. The molecule has 2 aromatic heterocycles. The number of nitrogens with zero attached hydrogens (tertiary/aromatic N) is 3. The molecule has 2 heterocycles. The molecule has 0 saturated heterocycles. The number of fused-ring (bicyclic) bond motifs is 1. The fourth-order valence-corrected chi connectivity index (χ4v) is 2.86. The molecule has 0 bridgehead atoms. The predicted molar refractivity (Wildman–Crippen MR) is 99.7 cm³/mol. The fraction of sp³-hybridized carbons (Fsp3) is 0.150. The molecule has 0 radical (unpaired) electrons. The van der Waals surface area contributed by atoms with Crippen LogP contribution >= 0.6 is 0 Å². The highest BCUT2D eigenvalue weighted by molar-refractivity contribution is 5.93. The number of imidazole rings is 1. The zero-order valence-corrected chi connectivity index (χ0v) is 14.4. The molecule has 6 nitrogen and oxygen atoms in total. The van der Waals surface area contributed by atoms with Crippen molar-refractivity contribution in [3.05, 3.63) is 83.9 Å². The Morgan fingerprint density at radius 2 is 1.92 bits per heavy atom. The fourth-order valence-electron chi connectivity index (χ4n) is 2.86. The zero-order valence-electron chi connectivity index (χ0n) is 14.4. The summed E-state index contributed by atoms with van der Waals surface area (Å²) in [5.74, 6) is 0.563. The minimum atomic E-state index is -0.229. The minimum Gasteiger partial charge on any atom is -0.342 e. The predicted octanol–water partition coefficient (Wildman–Crippen LogP) is 3.30. The van der Waals surface area contributed by atoms with Gasteiger partial charge in [0.05, 0.1) is 35.4 Å². The third-order valence-corrected chi connectivity index (χ3v) is 4.25. The van der Waals surface area contributed by atoms with E-state index in [0.717, 1.165) is 22.4 Å². The molecule has 2 aromatic carbocycles. The van der Waals surface area contributed by atoms with Crippen LogP contribution in [0.4, 0.5) is 0 Å². The van der Waals surface area contributed by atoms with Crippen molar-refractivity contribution in [2.45, 2.75) is 19.5 Å². The van der Waals surface area contributed by atoms with Gasteiger partial charge < -0.3 is 10.3 Å². The maximum atomic E-state index is 12.5. The quantitative estimate of drug-likeness (QED) is 0.583. The Morgan fingerprint density at radius 3 is 2.73 bits per heavy atom. The number of carbonyl (C=O) groups is 1. The lowest BCUT2D eigenvalue weighted by Crippen LogP contribution is -2.27. The number of benzene rings is 2. The standard InChI is InChI=1S/C20H19N5O/c1-14(19-23-17-9-5-6-10-18(17)24-19)22-20(26)16-11-21-25(13-16)12-15-7-3-2-4-8-15/h2-11,13-14H,12H2,1H3,(H,22,26)(H,23,24). The van der Waals surface area contributed by atoms with Crippen molar-refractivity contribution in [1.82, 2.24) is 25.1 Å². The highest BCUT2D eigenvalue weighted by Gasteiger charge is 2.16. The van der Waals surface area contributed by atoms with Gasteiger partial charge in [-0.15, -0.1) is 0 Å². The van der Waals surface area contributed by atoms with Gasteiger partial charge in [0.1, 0.15) is 5.82 Å². The van der Waals surface area contributed by atoms with E-state index in [4.69, 9.17) is 0 Å². The van der Waals surface area contributed by atoms with Gasteiger partial charge in [-0.3, -0.25) is 9.48 Å². The van der Waals surface area contributed by atoms with Crippen LogP contribution in [0.1, 0.15) is 34.7 Å². The van der Waals surface area contributed by atoms with Gasteiger partial charge >= 0.3 is 0 Å². The second-order valence-corrected chi connectivity index (χ2v) is 6.25. The molecule has 0 aliphatic rings. The molecule has 1 atom stereocenters. The second-order valence-electron chi connectivity index (χ2n) is 6.25. The number of aromatic amines is 1. The topological polar surface area (TPSA) is 75.6 Å². The molecule has 0 aliphatic carbocycles. The third kappa shape index (κ3) is 3.35. The van der Waals surface area contributed by atoms with Gasteiger partial charge in [-0.1, -0.05) is 42.5 Å². The average Bonchev–Trinajstić information content (AvgIpc) is 3.29. The lowest BCUT2D eigenvalue weighted by atomic mass is 10.2. The molecule has 1 amide bonds. The number of aromatic nitrogens is 4. The SMILES string of the molecule is CC(NC(=O)c1cnn(Cc2ccccc2)c1)c1nc2ccccc2[nH]1. The van der Waals surface area contributed by atoms with E-state index >= 15 is 0 Å². The van der Waals surface area contributed by atoms with Crippen LogP contribution < -0.4 is 5.32 Å². The molecule has 4 aromatic rings. The third-order valence-electron chi connectivity index (χ3n) is 4.25. The first-order chi connectivity index (χ1) is 12.7. The van der Waals surface area contributed by atoms with E-state index in [9.17, 15) is 4.79 Å². The summed E-state index contributed by atoms with van der Waals surface area (Å²) in [5, 5.41) is 7.24. The molecule has 6 heteroatoms. The summed E-state index contributed by atoms with van der Waals surface area (Å²) >= 11 is 0. The van der Waals surface area contributed by atoms with Crippen molar-refractivity contribution < 1.29 is 4.79 Å². The van der Waals surface area contributed by atoms with E-state index in [0.29, 0.717) is 12.1 Å². The van der Waals surface area contributed by atoms with Crippen LogP contribution in [0.25, 0.3) is 11.0 Å². The van der Waals surface area contributed by atoms with E-state index in [1.54, 1.807) is 17.1 Å². The molecule has 26 heavy (non-hydrogen) atoms. The van der Waals surface area contributed by atoms with Gasteiger partial charge in [0.15, 0.2) is 0 Å². The lowest BCUT2D eigenvalue weighted by Gasteiger charge is -2.10. The van der Waals surface area contributed by atoms with Gasteiger partial charge in [-0.25, -0.2) is 4.98 Å². The minimum absolute atomic E-state index is 0.169. The van der Waals surface area contributed by atoms with Crippen LogP contribution in [0, 0.1) is 0 Å². The van der Waals surface area contributed by atoms with E-state index in [1.807, 2.05) is 61.5 Å². The first-order valence-corrected chi connectivity index (χ1v) is 8.51. The summed E-state index contributed by atoms with van der Waals surface area (Å²) in [7, 11) is 0. The maximum absolute atomic E-state index is 12.5. The van der Waals surface area contributed by atoms with Crippen molar-refractivity contribution in [1.29, 1.82) is 0 Å². The Kier molecular flexibility index (Phi) is 4.23. The van der Waals surface area contributed by atoms with Gasteiger partial charge in [0.2, 0.25) is 0 Å². The van der Waals surface area contributed by atoms with Gasteiger partial charge in [-0.2, -0.15) is 5.10 Å². The summed E-state index contributed by atoms with van der Waals surface area (Å²) in [4.78, 5) is 20.3. The summed E-state index contributed by atoms with van der Waals surface area (Å²) < 4.78 is 1.76. The molecule has 2 N–H and O–H groups in total. The molecule has 0 aliphatic heterocycles. The number of nitrogens with one attached hydrogen (secondary N) is 2. The number of hydrogen-bond donors (Lipinski definition) is 2. The number of hydrogen-bond acceptors (Lipinski definition) is 3. The molecule has 4 rings (SSSR count). The molecule has 1 unspecified atom stereocenters. The summed E-state index contributed by atoms with van der Waals surface area (Å²) in [5.41, 5.74) is 3.51. The number of rotatable bonds is 5. The van der Waals surface area contributed by atoms with E-state index in [1.165, 1.54) is 0 Å². The van der Waals surface area contributed by atoms with Crippen LogP contribution in [-0.4, -0.2) is 25.7 Å². The maximum Gasteiger partial charge on any atom is 0.255 e. The summed E-state index contributed by atoms with van der Waals surface area (Å²) in [6.07, 6.45) is 3.34. The molecule has 0 spiro atoms. The Bertz CT molecular complexity index is 1000.